The Kier molecular flexibility index (Phi) is 8.88. The van der Waals surface area contributed by atoms with Crippen LogP contribution in [0.3, 0.4) is 0 Å². The Morgan fingerprint density at radius 2 is 1.70 bits per heavy atom. The minimum atomic E-state index is -1.25. The van der Waals surface area contributed by atoms with Gasteiger partial charge in [0.05, 0.1) is 6.61 Å². The molecule has 10 heteroatoms. The van der Waals surface area contributed by atoms with Crippen LogP contribution in [0.25, 0.3) is 0 Å². The molecule has 2 aromatic rings. The van der Waals surface area contributed by atoms with Crippen molar-refractivity contribution >= 4 is 17.9 Å². The smallest absolute Gasteiger partial charge is 0.410 e. The van der Waals surface area contributed by atoms with Crippen molar-refractivity contribution in [1.82, 2.24) is 15.1 Å². The molecule has 2 aromatic carbocycles. The highest BCUT2D eigenvalue weighted by molar-refractivity contribution is 5.92. The third-order valence-corrected chi connectivity index (χ3v) is 8.06. The molecule has 2 aliphatic heterocycles. The molecular weight excluding hydrogens is 514 g/mol. The molecule has 40 heavy (non-hydrogen) atoms. The number of phenols is 1. The van der Waals surface area contributed by atoms with Crippen molar-refractivity contribution in [3.63, 3.8) is 0 Å². The van der Waals surface area contributed by atoms with E-state index >= 15 is 0 Å². The Hall–Kier alpha value is -3.79. The van der Waals surface area contributed by atoms with Crippen molar-refractivity contribution in [2.75, 3.05) is 32.8 Å². The van der Waals surface area contributed by atoms with E-state index < -0.39 is 36.2 Å². The maximum absolute atomic E-state index is 13.4. The highest BCUT2D eigenvalue weighted by atomic mass is 16.6. The Morgan fingerprint density at radius 1 is 1.02 bits per heavy atom. The van der Waals surface area contributed by atoms with Crippen molar-refractivity contribution in [2.45, 2.75) is 65.2 Å². The second-order valence-electron chi connectivity index (χ2n) is 10.8. The number of aliphatic hydroxyl groups is 1. The number of hydrogen-bond donors (Lipinski definition) is 3. The summed E-state index contributed by atoms with van der Waals surface area (Å²) in [5.41, 5.74) is 2.72. The van der Waals surface area contributed by atoms with E-state index in [4.69, 9.17) is 9.47 Å². The van der Waals surface area contributed by atoms with Gasteiger partial charge in [0.25, 0.3) is 5.91 Å². The van der Waals surface area contributed by atoms with Gasteiger partial charge in [-0.25, -0.2) is 4.79 Å². The summed E-state index contributed by atoms with van der Waals surface area (Å²) >= 11 is 0. The van der Waals surface area contributed by atoms with Crippen LogP contribution in [0.15, 0.2) is 30.3 Å². The molecular formula is C30H39N3O7. The number of aliphatic hydroxyl groups excluding tert-OH is 1. The van der Waals surface area contributed by atoms with Gasteiger partial charge in [-0.1, -0.05) is 30.3 Å². The molecule has 1 saturated heterocycles. The van der Waals surface area contributed by atoms with Gasteiger partial charge in [-0.3, -0.25) is 9.59 Å². The monoisotopic (exact) mass is 553 g/mol. The van der Waals surface area contributed by atoms with Crippen LogP contribution in [0.5, 0.6) is 11.5 Å². The second kappa shape index (κ2) is 12.2. The third-order valence-electron chi connectivity index (χ3n) is 8.06. The van der Waals surface area contributed by atoms with Crippen molar-refractivity contribution in [2.24, 2.45) is 0 Å². The van der Waals surface area contributed by atoms with Gasteiger partial charge in [0.1, 0.15) is 24.1 Å². The SMILES string of the molecule is Cc1c(C)c2c(c(C)c1O)CCC(C)(C(=O)N[C@@H](CO)C(=O)N1CCCN(C(=O)OCc3ccccc3)CC1)O2. The topological polar surface area (TPSA) is 129 Å². The summed E-state index contributed by atoms with van der Waals surface area (Å²) < 4.78 is 11.7. The molecule has 1 fully saturated rings. The van der Waals surface area contributed by atoms with Crippen molar-refractivity contribution in [1.29, 1.82) is 0 Å². The third kappa shape index (κ3) is 6.01. The fraction of sp³-hybridized carbons (Fsp3) is 0.500. The molecule has 0 spiro atoms. The first kappa shape index (κ1) is 29.2. The van der Waals surface area contributed by atoms with Crippen molar-refractivity contribution in [3.8, 4) is 11.5 Å². The molecule has 0 bridgehead atoms. The molecule has 0 aromatic heterocycles. The van der Waals surface area contributed by atoms with Gasteiger partial charge in [0.15, 0.2) is 5.60 Å². The van der Waals surface area contributed by atoms with E-state index in [1.54, 1.807) is 23.6 Å². The van der Waals surface area contributed by atoms with Crippen LogP contribution < -0.4 is 10.1 Å². The number of rotatable bonds is 6. The number of fused-ring (bicyclic) bond motifs is 1. The number of nitrogens with one attached hydrogen (secondary N) is 1. The summed E-state index contributed by atoms with van der Waals surface area (Å²) in [6, 6.07) is 8.27. The first-order chi connectivity index (χ1) is 19.1. The van der Waals surface area contributed by atoms with Crippen LogP contribution in [0.1, 0.15) is 47.6 Å². The lowest BCUT2D eigenvalue weighted by Crippen LogP contribution is -2.58. The van der Waals surface area contributed by atoms with E-state index in [2.05, 4.69) is 5.32 Å². The minimum Gasteiger partial charge on any atom is -0.507 e. The number of phenolic OH excluding ortho intramolecular Hbond substituents is 1. The standard InChI is InChI=1S/C30H39N3O7/c1-19-20(2)26-23(21(3)25(19)35)11-12-30(4,40-26)28(37)31-24(17-34)27(36)32-13-8-14-33(16-15-32)29(38)39-18-22-9-6-5-7-10-22/h5-7,9-10,24,34-35H,8,11-18H2,1-4H3,(H,31,37)/t24-,30?/m0/s1. The molecule has 2 heterocycles. The number of amides is 3. The van der Waals surface area contributed by atoms with E-state index in [0.717, 1.165) is 22.3 Å². The highest BCUT2D eigenvalue weighted by Crippen LogP contribution is 2.43. The van der Waals surface area contributed by atoms with Crippen LogP contribution in [0.4, 0.5) is 4.79 Å². The lowest BCUT2D eigenvalue weighted by Gasteiger charge is -2.37. The van der Waals surface area contributed by atoms with Gasteiger partial charge >= 0.3 is 6.09 Å². The van der Waals surface area contributed by atoms with E-state index in [1.165, 1.54) is 0 Å². The van der Waals surface area contributed by atoms with Crippen LogP contribution in [-0.2, 0) is 27.4 Å². The molecule has 2 atom stereocenters. The quantitative estimate of drug-likeness (QED) is 0.502. The zero-order valence-corrected chi connectivity index (χ0v) is 23.7. The van der Waals surface area contributed by atoms with Crippen LogP contribution in [0, 0.1) is 20.8 Å². The van der Waals surface area contributed by atoms with Crippen molar-refractivity contribution < 1.29 is 34.1 Å². The van der Waals surface area contributed by atoms with Gasteiger partial charge in [-0.2, -0.15) is 0 Å². The van der Waals surface area contributed by atoms with Crippen LogP contribution in [0.2, 0.25) is 0 Å². The summed E-state index contributed by atoms with van der Waals surface area (Å²) in [6.07, 6.45) is 0.979. The first-order valence-corrected chi connectivity index (χ1v) is 13.7. The highest BCUT2D eigenvalue weighted by Gasteiger charge is 2.42. The Labute approximate surface area is 234 Å². The molecule has 3 N–H and O–H groups in total. The van der Waals surface area contributed by atoms with Gasteiger partial charge in [0, 0.05) is 38.2 Å². The molecule has 0 aliphatic carbocycles. The molecule has 0 saturated carbocycles. The summed E-state index contributed by atoms with van der Waals surface area (Å²) in [7, 11) is 0. The number of ether oxygens (including phenoxy) is 2. The molecule has 4 rings (SSSR count). The summed E-state index contributed by atoms with van der Waals surface area (Å²) in [5, 5.41) is 23.2. The maximum Gasteiger partial charge on any atom is 0.410 e. The van der Waals surface area contributed by atoms with Crippen LogP contribution in [-0.4, -0.2) is 82.3 Å². The Morgan fingerprint density at radius 3 is 2.40 bits per heavy atom. The average molecular weight is 554 g/mol. The summed E-state index contributed by atoms with van der Waals surface area (Å²) in [6.45, 7) is 8.12. The number of nitrogens with zero attached hydrogens (tertiary/aromatic N) is 2. The lowest BCUT2D eigenvalue weighted by atomic mass is 9.86. The van der Waals surface area contributed by atoms with Crippen LogP contribution >= 0.6 is 0 Å². The van der Waals surface area contributed by atoms with Crippen molar-refractivity contribution in [3.05, 3.63) is 58.1 Å². The fourth-order valence-corrected chi connectivity index (χ4v) is 5.26. The Bertz CT molecular complexity index is 1270. The lowest BCUT2D eigenvalue weighted by molar-refractivity contribution is -0.143. The average Bonchev–Trinajstić information content (AvgIpc) is 3.23. The maximum atomic E-state index is 13.4. The molecule has 2 aliphatic rings. The van der Waals surface area contributed by atoms with E-state index in [1.807, 2.05) is 44.2 Å². The minimum absolute atomic E-state index is 0.169. The zero-order chi connectivity index (χ0) is 29.0. The number of carbonyl (C=O) groups is 3. The van der Waals surface area contributed by atoms with E-state index in [9.17, 15) is 24.6 Å². The molecule has 1 unspecified atom stereocenters. The van der Waals surface area contributed by atoms with Gasteiger partial charge in [-0.15, -0.1) is 0 Å². The molecule has 216 valence electrons. The number of benzene rings is 2. The first-order valence-electron chi connectivity index (χ1n) is 13.7. The van der Waals surface area contributed by atoms with Gasteiger partial charge in [0.2, 0.25) is 5.91 Å². The van der Waals surface area contributed by atoms with Gasteiger partial charge in [-0.05, 0) is 62.8 Å². The van der Waals surface area contributed by atoms with E-state index in [0.29, 0.717) is 43.7 Å². The Balaban J connectivity index is 1.36. The second-order valence-corrected chi connectivity index (χ2v) is 10.8. The molecule has 0 radical (unpaired) electrons. The predicted molar refractivity (Wildman–Crippen MR) is 148 cm³/mol. The molecule has 10 nitrogen and oxygen atoms in total. The van der Waals surface area contributed by atoms with Gasteiger partial charge < -0.3 is 34.8 Å². The number of carbonyl (C=O) groups excluding carboxylic acids is 3. The fourth-order valence-electron chi connectivity index (χ4n) is 5.26. The normalized spacial score (nSPS) is 19.6. The van der Waals surface area contributed by atoms with E-state index in [-0.39, 0.29) is 25.4 Å². The largest absolute Gasteiger partial charge is 0.507 e. The summed E-state index contributed by atoms with van der Waals surface area (Å²) in [4.78, 5) is 42.4. The molecule has 3 amide bonds. The predicted octanol–water partition coefficient (Wildman–Crippen LogP) is 2.75. The number of hydrogen-bond acceptors (Lipinski definition) is 7. The zero-order valence-electron chi connectivity index (χ0n) is 23.7. The summed E-state index contributed by atoms with van der Waals surface area (Å²) in [5.74, 6) is -0.0909. The number of aromatic hydroxyl groups is 1.